The number of morpholine rings is 1. The van der Waals surface area contributed by atoms with Gasteiger partial charge < -0.3 is 14.4 Å². The van der Waals surface area contributed by atoms with Gasteiger partial charge in [0.15, 0.2) is 10.8 Å². The molecule has 0 atom stereocenters. The molecule has 106 valence electrons. The molecule has 0 saturated carbocycles. The lowest BCUT2D eigenvalue weighted by Gasteiger charge is -2.27. The van der Waals surface area contributed by atoms with Crippen LogP contribution in [-0.4, -0.2) is 48.8 Å². The first-order chi connectivity index (χ1) is 9.67. The average molecular weight is 297 g/mol. The van der Waals surface area contributed by atoms with Crippen LogP contribution in [-0.2, 0) is 9.47 Å². The molecule has 0 bridgehead atoms. The van der Waals surface area contributed by atoms with E-state index in [1.54, 1.807) is 6.92 Å². The second-order valence-electron chi connectivity index (χ2n) is 3.97. The maximum atomic E-state index is 11.8. The van der Waals surface area contributed by atoms with E-state index in [2.05, 4.69) is 9.97 Å². The summed E-state index contributed by atoms with van der Waals surface area (Å²) in [5.41, 5.74) is -0.169. The minimum atomic E-state index is -0.678. The van der Waals surface area contributed by atoms with Crippen LogP contribution in [0.25, 0.3) is 0 Å². The van der Waals surface area contributed by atoms with Gasteiger partial charge in [-0.2, -0.15) is 10.2 Å². The van der Waals surface area contributed by atoms with Gasteiger partial charge in [-0.3, -0.25) is 0 Å². The van der Waals surface area contributed by atoms with Crippen LogP contribution in [0, 0.1) is 11.3 Å². The third kappa shape index (κ3) is 2.98. The highest BCUT2D eigenvalue weighted by Gasteiger charge is 2.23. The Morgan fingerprint density at radius 3 is 2.80 bits per heavy atom. The molecule has 7 nitrogen and oxygen atoms in total. The molecule has 0 aromatic carbocycles. The maximum absolute atomic E-state index is 11.8. The summed E-state index contributed by atoms with van der Waals surface area (Å²) in [6, 6.07) is 1.83. The number of nitrogens with zero attached hydrogens (tertiary/aromatic N) is 4. The third-order valence-electron chi connectivity index (χ3n) is 2.73. The number of esters is 1. The first-order valence-electron chi connectivity index (χ1n) is 6.14. The number of carbonyl (C=O) groups excluding carboxylic acids is 1. The highest BCUT2D eigenvalue weighted by Crippen LogP contribution is 2.21. The van der Waals surface area contributed by atoms with E-state index in [1.165, 1.54) is 0 Å². The Bertz CT molecular complexity index is 552. The van der Waals surface area contributed by atoms with Crippen molar-refractivity contribution in [1.29, 1.82) is 5.26 Å². The normalized spacial score (nSPS) is 14.8. The largest absolute Gasteiger partial charge is 0.461 e. The summed E-state index contributed by atoms with van der Waals surface area (Å²) in [6.45, 7) is 4.17. The van der Waals surface area contributed by atoms with Gasteiger partial charge in [0.25, 0.3) is 0 Å². The van der Waals surface area contributed by atoms with Crippen LogP contribution in [0.4, 0.5) is 5.95 Å². The molecular formula is C12H13ClN4O3. The summed E-state index contributed by atoms with van der Waals surface area (Å²) < 4.78 is 10.1. The van der Waals surface area contributed by atoms with Gasteiger partial charge in [-0.05, 0) is 6.92 Å². The lowest BCUT2D eigenvalue weighted by molar-refractivity contribution is 0.0519. The molecule has 8 heteroatoms. The van der Waals surface area contributed by atoms with Gasteiger partial charge >= 0.3 is 5.97 Å². The molecule has 1 aliphatic rings. The molecular weight excluding hydrogens is 284 g/mol. The molecule has 1 aromatic heterocycles. The molecule has 2 heterocycles. The van der Waals surface area contributed by atoms with Gasteiger partial charge in [-0.25, -0.2) is 9.78 Å². The van der Waals surface area contributed by atoms with Gasteiger partial charge in [-0.15, -0.1) is 0 Å². The summed E-state index contributed by atoms with van der Waals surface area (Å²) in [5, 5.41) is 9.01. The van der Waals surface area contributed by atoms with Crippen molar-refractivity contribution in [2.24, 2.45) is 0 Å². The number of anilines is 1. The van der Waals surface area contributed by atoms with E-state index in [1.807, 2.05) is 11.0 Å². The summed E-state index contributed by atoms with van der Waals surface area (Å²) in [4.78, 5) is 21.9. The number of nitriles is 1. The number of hydrogen-bond acceptors (Lipinski definition) is 7. The Morgan fingerprint density at radius 2 is 2.20 bits per heavy atom. The van der Waals surface area contributed by atoms with Crippen molar-refractivity contribution in [2.45, 2.75) is 6.92 Å². The summed E-state index contributed by atoms with van der Waals surface area (Å²) >= 11 is 5.96. The van der Waals surface area contributed by atoms with Gasteiger partial charge in [0.2, 0.25) is 5.95 Å². The van der Waals surface area contributed by atoms with E-state index in [9.17, 15) is 4.79 Å². The minimum absolute atomic E-state index is 0.0490. The van der Waals surface area contributed by atoms with E-state index in [-0.39, 0.29) is 23.0 Å². The fraction of sp³-hybridized carbons (Fsp3) is 0.500. The van der Waals surface area contributed by atoms with Crippen molar-refractivity contribution in [2.75, 3.05) is 37.8 Å². The zero-order valence-corrected chi connectivity index (χ0v) is 11.7. The predicted octanol–water partition coefficient (Wildman–Crippen LogP) is 1.01. The number of carbonyl (C=O) groups is 1. The maximum Gasteiger partial charge on any atom is 0.358 e. The fourth-order valence-corrected chi connectivity index (χ4v) is 1.98. The van der Waals surface area contributed by atoms with Crippen LogP contribution in [0.15, 0.2) is 0 Å². The standard InChI is InChI=1S/C12H13ClN4O3/c1-2-20-11(18)9-8(7-14)10(13)16-12(15-9)17-3-5-19-6-4-17/h2-6H2,1H3. The van der Waals surface area contributed by atoms with Gasteiger partial charge in [0.1, 0.15) is 11.6 Å². The second kappa shape index (κ2) is 6.50. The van der Waals surface area contributed by atoms with Crippen LogP contribution in [0.3, 0.4) is 0 Å². The molecule has 0 aliphatic carbocycles. The van der Waals surface area contributed by atoms with E-state index >= 15 is 0 Å². The van der Waals surface area contributed by atoms with E-state index in [0.717, 1.165) is 0 Å². The Labute approximate surface area is 121 Å². The molecule has 1 fully saturated rings. The smallest absolute Gasteiger partial charge is 0.358 e. The highest BCUT2D eigenvalue weighted by molar-refractivity contribution is 6.31. The SMILES string of the molecule is CCOC(=O)c1nc(N2CCOCC2)nc(Cl)c1C#N. The molecule has 1 aliphatic heterocycles. The Balaban J connectivity index is 2.40. The summed E-state index contributed by atoms with van der Waals surface area (Å²) in [5.74, 6) is -0.372. The lowest BCUT2D eigenvalue weighted by Crippen LogP contribution is -2.37. The van der Waals surface area contributed by atoms with Crippen LogP contribution in [0.2, 0.25) is 5.15 Å². The molecule has 1 aromatic rings. The molecule has 20 heavy (non-hydrogen) atoms. The molecule has 1 saturated heterocycles. The predicted molar refractivity (Wildman–Crippen MR) is 70.7 cm³/mol. The molecule has 0 spiro atoms. The van der Waals surface area contributed by atoms with Crippen molar-refractivity contribution in [3.63, 3.8) is 0 Å². The van der Waals surface area contributed by atoms with Crippen molar-refractivity contribution in [1.82, 2.24) is 9.97 Å². The van der Waals surface area contributed by atoms with Crippen LogP contribution in [0.5, 0.6) is 0 Å². The molecule has 0 amide bonds. The Morgan fingerprint density at radius 1 is 1.50 bits per heavy atom. The Kier molecular flexibility index (Phi) is 4.71. The first kappa shape index (κ1) is 14.5. The van der Waals surface area contributed by atoms with Crippen molar-refractivity contribution in [3.8, 4) is 6.07 Å². The summed E-state index contributed by atoms with van der Waals surface area (Å²) in [6.07, 6.45) is 0. The number of ether oxygens (including phenoxy) is 2. The zero-order chi connectivity index (χ0) is 14.5. The Hall–Kier alpha value is -1.91. The zero-order valence-electron chi connectivity index (χ0n) is 10.9. The van der Waals surface area contributed by atoms with E-state index < -0.39 is 5.97 Å². The minimum Gasteiger partial charge on any atom is -0.461 e. The van der Waals surface area contributed by atoms with Crippen LogP contribution in [0.1, 0.15) is 23.0 Å². The van der Waals surface area contributed by atoms with Crippen LogP contribution < -0.4 is 4.90 Å². The monoisotopic (exact) mass is 296 g/mol. The number of halogens is 1. The third-order valence-corrected chi connectivity index (χ3v) is 3.00. The average Bonchev–Trinajstić information content (AvgIpc) is 2.47. The first-order valence-corrected chi connectivity index (χ1v) is 6.52. The number of rotatable bonds is 3. The lowest BCUT2D eigenvalue weighted by atomic mass is 10.2. The highest BCUT2D eigenvalue weighted by atomic mass is 35.5. The van der Waals surface area contributed by atoms with Gasteiger partial charge in [0, 0.05) is 13.1 Å². The molecule has 0 N–H and O–H groups in total. The topological polar surface area (TPSA) is 88.3 Å². The molecule has 2 rings (SSSR count). The van der Waals surface area contributed by atoms with Crippen LogP contribution >= 0.6 is 11.6 Å². The quantitative estimate of drug-likeness (QED) is 0.607. The van der Waals surface area contributed by atoms with Gasteiger partial charge in [0.05, 0.1) is 19.8 Å². The second-order valence-corrected chi connectivity index (χ2v) is 4.33. The van der Waals surface area contributed by atoms with Crippen molar-refractivity contribution in [3.05, 3.63) is 16.4 Å². The number of hydrogen-bond donors (Lipinski definition) is 0. The molecule has 0 unspecified atom stereocenters. The fourth-order valence-electron chi connectivity index (χ4n) is 1.77. The number of aromatic nitrogens is 2. The molecule has 0 radical (unpaired) electrons. The van der Waals surface area contributed by atoms with Gasteiger partial charge in [-0.1, -0.05) is 11.6 Å². The van der Waals surface area contributed by atoms with Crippen molar-refractivity contribution < 1.29 is 14.3 Å². The van der Waals surface area contributed by atoms with Crippen molar-refractivity contribution >= 4 is 23.5 Å². The summed E-state index contributed by atoms with van der Waals surface area (Å²) in [7, 11) is 0. The van der Waals surface area contributed by atoms with E-state index in [0.29, 0.717) is 32.3 Å². The van der Waals surface area contributed by atoms with E-state index in [4.69, 9.17) is 26.3 Å².